The minimum absolute atomic E-state index is 0.0739. The van der Waals surface area contributed by atoms with Crippen LogP contribution in [-0.4, -0.2) is 23.1 Å². The molecule has 2 atom stereocenters. The molecule has 1 aliphatic carbocycles. The summed E-state index contributed by atoms with van der Waals surface area (Å²) in [5.41, 5.74) is 0.810. The fourth-order valence-corrected chi connectivity index (χ4v) is 5.23. The minimum atomic E-state index is -1.41. The minimum Gasteiger partial charge on any atom is -0.384 e. The summed E-state index contributed by atoms with van der Waals surface area (Å²) in [5.74, 6) is -1.55. The normalized spacial score (nSPS) is 20.7. The highest BCUT2D eigenvalue weighted by molar-refractivity contribution is 6.54. The van der Waals surface area contributed by atoms with Crippen molar-refractivity contribution in [1.82, 2.24) is 0 Å². The molecule has 3 aromatic rings. The molecule has 1 saturated carbocycles. The van der Waals surface area contributed by atoms with Gasteiger partial charge in [0.25, 0.3) is 5.91 Å². The summed E-state index contributed by atoms with van der Waals surface area (Å²) in [4.78, 5) is 24.8. The summed E-state index contributed by atoms with van der Waals surface area (Å²) < 4.78 is 12.2. The van der Waals surface area contributed by atoms with Crippen LogP contribution in [0.4, 0.5) is 15.8 Å². The van der Waals surface area contributed by atoms with Crippen LogP contribution in [0.3, 0.4) is 0 Å². The van der Waals surface area contributed by atoms with Gasteiger partial charge in [0.1, 0.15) is 16.4 Å². The maximum Gasteiger partial charge on any atom is 0.257 e. The van der Waals surface area contributed by atoms with Crippen molar-refractivity contribution in [2.45, 2.75) is 10.3 Å². The van der Waals surface area contributed by atoms with Crippen LogP contribution in [0.25, 0.3) is 0 Å². The third-order valence-corrected chi connectivity index (χ3v) is 7.49. The monoisotopic (exact) mass is 524 g/mol. The molecule has 9 heteroatoms. The largest absolute Gasteiger partial charge is 0.384 e. The van der Waals surface area contributed by atoms with Crippen LogP contribution in [0.1, 0.15) is 21.8 Å². The first-order valence-electron chi connectivity index (χ1n) is 9.88. The zero-order valence-corrected chi connectivity index (χ0v) is 19.9. The molecule has 4 nitrogen and oxygen atoms in total. The SMILES string of the molecule is O=CC1(CNc2ccc(Cl)c(C(=O)Nc3ccccc3)c2)C(c2ccc(F)c(Cl)c2)C1(Cl)Cl. The van der Waals surface area contributed by atoms with E-state index in [-0.39, 0.29) is 28.1 Å². The first-order chi connectivity index (χ1) is 15.7. The van der Waals surface area contributed by atoms with Crippen LogP contribution in [0.15, 0.2) is 66.7 Å². The molecule has 1 fully saturated rings. The Bertz CT molecular complexity index is 1220. The molecule has 1 amide bonds. The van der Waals surface area contributed by atoms with Crippen molar-refractivity contribution in [2.75, 3.05) is 17.2 Å². The van der Waals surface area contributed by atoms with Gasteiger partial charge in [0.2, 0.25) is 0 Å². The molecule has 4 rings (SSSR count). The first-order valence-corrected chi connectivity index (χ1v) is 11.4. The van der Waals surface area contributed by atoms with E-state index in [1.807, 2.05) is 6.07 Å². The van der Waals surface area contributed by atoms with E-state index in [4.69, 9.17) is 46.4 Å². The predicted octanol–water partition coefficient (Wildman–Crippen LogP) is 6.95. The fourth-order valence-electron chi connectivity index (χ4n) is 3.86. The second-order valence-corrected chi connectivity index (χ2v) is 9.96. The average Bonchev–Trinajstić information content (AvgIpc) is 3.30. The Balaban J connectivity index is 1.53. The lowest BCUT2D eigenvalue weighted by atomic mass is 10.00. The first kappa shape index (κ1) is 23.8. The Morgan fingerprint density at radius 3 is 2.36 bits per heavy atom. The van der Waals surface area contributed by atoms with E-state index in [1.54, 1.807) is 42.5 Å². The number of carbonyl (C=O) groups is 2. The molecule has 2 N–H and O–H groups in total. The summed E-state index contributed by atoms with van der Waals surface area (Å²) in [6, 6.07) is 17.9. The standard InChI is InChI=1S/C24H17Cl4FN2O2/c25-18-8-7-16(11-17(18)22(33)31-15-4-2-1-3-5-15)30-12-23(13-32)21(24(23,27)28)14-6-9-20(29)19(26)10-14/h1-11,13,21,30H,12H2,(H,31,33). The van der Waals surface area contributed by atoms with Crippen molar-refractivity contribution in [2.24, 2.45) is 5.41 Å². The van der Waals surface area contributed by atoms with Gasteiger partial charge in [-0.2, -0.15) is 0 Å². The Hall–Kier alpha value is -2.31. The summed E-state index contributed by atoms with van der Waals surface area (Å²) in [7, 11) is 0. The molecule has 0 aromatic heterocycles. The van der Waals surface area contributed by atoms with Crippen LogP contribution in [0.2, 0.25) is 10.0 Å². The highest BCUT2D eigenvalue weighted by atomic mass is 35.5. The molecular weight excluding hydrogens is 509 g/mol. The average molecular weight is 526 g/mol. The van der Waals surface area contributed by atoms with Crippen LogP contribution >= 0.6 is 46.4 Å². The Morgan fingerprint density at radius 1 is 0.970 bits per heavy atom. The second kappa shape index (κ2) is 9.15. The maximum absolute atomic E-state index is 13.6. The number of hydrogen-bond donors (Lipinski definition) is 2. The van der Waals surface area contributed by atoms with Crippen LogP contribution in [0.5, 0.6) is 0 Å². The lowest BCUT2D eigenvalue weighted by Gasteiger charge is -2.15. The van der Waals surface area contributed by atoms with Gasteiger partial charge in [-0.25, -0.2) is 4.39 Å². The van der Waals surface area contributed by atoms with Gasteiger partial charge in [-0.1, -0.05) is 70.7 Å². The molecule has 0 heterocycles. The van der Waals surface area contributed by atoms with Gasteiger partial charge >= 0.3 is 0 Å². The van der Waals surface area contributed by atoms with Crippen LogP contribution in [0, 0.1) is 11.2 Å². The zero-order chi connectivity index (χ0) is 23.8. The number of alkyl halides is 2. The fraction of sp³-hybridized carbons (Fsp3) is 0.167. The molecule has 33 heavy (non-hydrogen) atoms. The Labute approximate surface area is 210 Å². The van der Waals surface area contributed by atoms with E-state index >= 15 is 0 Å². The van der Waals surface area contributed by atoms with Crippen molar-refractivity contribution < 1.29 is 14.0 Å². The molecule has 0 radical (unpaired) electrons. The van der Waals surface area contributed by atoms with Gasteiger partial charge < -0.3 is 15.4 Å². The molecule has 3 aromatic carbocycles. The molecule has 2 unspecified atom stereocenters. The Morgan fingerprint density at radius 2 is 1.70 bits per heavy atom. The van der Waals surface area contributed by atoms with Gasteiger partial charge in [-0.15, -0.1) is 0 Å². The number of aldehydes is 1. The number of benzene rings is 3. The zero-order valence-electron chi connectivity index (χ0n) is 16.9. The van der Waals surface area contributed by atoms with E-state index < -0.39 is 21.5 Å². The number of hydrogen-bond acceptors (Lipinski definition) is 3. The van der Waals surface area contributed by atoms with Crippen molar-refractivity contribution in [3.63, 3.8) is 0 Å². The molecule has 170 valence electrons. The lowest BCUT2D eigenvalue weighted by molar-refractivity contribution is -0.112. The van der Waals surface area contributed by atoms with Crippen molar-refractivity contribution >= 4 is 70.0 Å². The molecule has 0 bridgehead atoms. The predicted molar refractivity (Wildman–Crippen MR) is 131 cm³/mol. The number of carbonyl (C=O) groups excluding carboxylic acids is 2. The number of halogens is 5. The number of amides is 1. The number of rotatable bonds is 7. The Kier molecular flexibility index (Phi) is 6.61. The summed E-state index contributed by atoms with van der Waals surface area (Å²) in [5, 5.41) is 6.09. The van der Waals surface area contributed by atoms with E-state index in [2.05, 4.69) is 10.6 Å². The molecule has 0 aliphatic heterocycles. The van der Waals surface area contributed by atoms with Crippen LogP contribution < -0.4 is 10.6 Å². The molecule has 0 saturated heterocycles. The molecule has 0 spiro atoms. The van der Waals surface area contributed by atoms with Gasteiger partial charge in [-0.3, -0.25) is 4.79 Å². The van der Waals surface area contributed by atoms with Gasteiger partial charge in [0, 0.05) is 23.8 Å². The van der Waals surface area contributed by atoms with E-state index in [0.29, 0.717) is 23.2 Å². The highest BCUT2D eigenvalue weighted by Crippen LogP contribution is 2.73. The second-order valence-electron chi connectivity index (χ2n) is 7.76. The highest BCUT2D eigenvalue weighted by Gasteiger charge is 2.76. The number of anilines is 2. The summed E-state index contributed by atoms with van der Waals surface area (Å²) in [6.07, 6.45) is 0.695. The summed E-state index contributed by atoms with van der Waals surface area (Å²) >= 11 is 25.1. The van der Waals surface area contributed by atoms with E-state index in [0.717, 1.165) is 0 Å². The van der Waals surface area contributed by atoms with Crippen molar-refractivity contribution in [3.05, 3.63) is 93.7 Å². The maximum atomic E-state index is 13.6. The summed E-state index contributed by atoms with van der Waals surface area (Å²) in [6.45, 7) is 0.0739. The third kappa shape index (κ3) is 4.43. The van der Waals surface area contributed by atoms with E-state index in [9.17, 15) is 14.0 Å². The number of para-hydroxylation sites is 1. The topological polar surface area (TPSA) is 58.2 Å². The lowest BCUT2D eigenvalue weighted by Crippen LogP contribution is -2.23. The molecular formula is C24H17Cl4FN2O2. The smallest absolute Gasteiger partial charge is 0.257 e. The van der Waals surface area contributed by atoms with Crippen molar-refractivity contribution in [1.29, 1.82) is 0 Å². The van der Waals surface area contributed by atoms with Crippen molar-refractivity contribution in [3.8, 4) is 0 Å². The van der Waals surface area contributed by atoms with E-state index in [1.165, 1.54) is 18.2 Å². The quantitative estimate of drug-likeness (QED) is 0.259. The van der Waals surface area contributed by atoms with Crippen LogP contribution in [-0.2, 0) is 4.79 Å². The molecule has 1 aliphatic rings. The van der Waals surface area contributed by atoms with Gasteiger partial charge in [0.15, 0.2) is 0 Å². The third-order valence-electron chi connectivity index (χ3n) is 5.73. The van der Waals surface area contributed by atoms with Gasteiger partial charge in [-0.05, 0) is 48.0 Å². The van der Waals surface area contributed by atoms with Gasteiger partial charge in [0.05, 0.1) is 21.0 Å². The number of nitrogens with one attached hydrogen (secondary N) is 2.